The lowest BCUT2D eigenvalue weighted by molar-refractivity contribution is -0.139. The number of likely N-dealkylation sites (tertiary alicyclic amines) is 1. The van der Waals surface area contributed by atoms with Gasteiger partial charge in [0.2, 0.25) is 17.7 Å². The van der Waals surface area contributed by atoms with Gasteiger partial charge in [0.05, 0.1) is 12.6 Å². The topological polar surface area (TPSA) is 108 Å². The second-order valence-electron chi connectivity index (χ2n) is 5.60. The van der Waals surface area contributed by atoms with Crippen molar-refractivity contribution in [1.29, 1.82) is 0 Å². The molecule has 2 saturated heterocycles. The Morgan fingerprint density at radius 2 is 2.00 bits per heavy atom. The van der Waals surface area contributed by atoms with E-state index in [9.17, 15) is 14.4 Å². The van der Waals surface area contributed by atoms with E-state index in [1.807, 2.05) is 4.90 Å². The summed E-state index contributed by atoms with van der Waals surface area (Å²) in [7, 11) is 0. The summed E-state index contributed by atoms with van der Waals surface area (Å²) in [6.45, 7) is 4.44. The molecule has 3 amide bonds. The number of rotatable bonds is 3. The summed E-state index contributed by atoms with van der Waals surface area (Å²) in [5, 5.41) is 2.78. The zero-order valence-electron chi connectivity index (χ0n) is 12.3. The fraction of sp³-hybridized carbons (Fsp3) is 0.769. The van der Waals surface area contributed by atoms with E-state index >= 15 is 0 Å². The maximum Gasteiger partial charge on any atom is 0.237 e. The molecule has 0 aromatic rings. The summed E-state index contributed by atoms with van der Waals surface area (Å²) in [4.78, 5) is 39.0. The summed E-state index contributed by atoms with van der Waals surface area (Å²) < 4.78 is 0. The van der Waals surface area contributed by atoms with Crippen LogP contribution < -0.4 is 16.6 Å². The first-order valence-electron chi connectivity index (χ1n) is 7.33. The molecule has 2 aliphatic heterocycles. The third-order valence-electron chi connectivity index (χ3n) is 4.32. The second kappa shape index (κ2) is 6.86. The van der Waals surface area contributed by atoms with Gasteiger partial charge in [-0.25, -0.2) is 5.84 Å². The van der Waals surface area contributed by atoms with Gasteiger partial charge in [-0.3, -0.25) is 24.7 Å². The molecule has 0 spiro atoms. The van der Waals surface area contributed by atoms with E-state index in [1.165, 1.54) is 0 Å². The lowest BCUT2D eigenvalue weighted by Gasteiger charge is -2.36. The molecule has 118 valence electrons. The number of hydrogen-bond acceptors (Lipinski definition) is 5. The van der Waals surface area contributed by atoms with Crippen LogP contribution in [0.25, 0.3) is 0 Å². The number of piperazine rings is 1. The number of amides is 3. The summed E-state index contributed by atoms with van der Waals surface area (Å²) in [6.07, 6.45) is 1.26. The minimum atomic E-state index is -0.275. The zero-order chi connectivity index (χ0) is 15.4. The van der Waals surface area contributed by atoms with E-state index < -0.39 is 0 Å². The Morgan fingerprint density at radius 1 is 1.33 bits per heavy atom. The van der Waals surface area contributed by atoms with E-state index in [-0.39, 0.29) is 36.2 Å². The Bertz CT molecular complexity index is 420. The summed E-state index contributed by atoms with van der Waals surface area (Å²) >= 11 is 0. The molecule has 8 nitrogen and oxygen atoms in total. The minimum Gasteiger partial charge on any atom is -0.353 e. The third kappa shape index (κ3) is 3.70. The fourth-order valence-corrected chi connectivity index (χ4v) is 2.83. The molecule has 0 aromatic carbocycles. The molecule has 1 atom stereocenters. The van der Waals surface area contributed by atoms with Gasteiger partial charge in [0.25, 0.3) is 0 Å². The molecule has 1 unspecified atom stereocenters. The maximum atomic E-state index is 12.3. The molecule has 2 rings (SSSR count). The number of carbonyl (C=O) groups is 3. The highest BCUT2D eigenvalue weighted by atomic mass is 16.2. The molecular formula is C13H23N5O3. The van der Waals surface area contributed by atoms with Crippen LogP contribution in [0, 0.1) is 5.92 Å². The van der Waals surface area contributed by atoms with E-state index in [0.717, 1.165) is 0 Å². The lowest BCUT2D eigenvalue weighted by Crippen LogP contribution is -2.57. The predicted molar refractivity (Wildman–Crippen MR) is 75.7 cm³/mol. The number of nitrogens with one attached hydrogen (secondary N) is 2. The lowest BCUT2D eigenvalue weighted by atomic mass is 9.96. The standard InChI is InChI=1S/C13H23N5O3/c1-9-12(20)15-4-7-18(9)8-11(19)17-5-2-10(3-6-17)13(21)16-14/h9-10H,2-8,14H2,1H3,(H,15,20)(H,16,21). The van der Waals surface area contributed by atoms with Crippen molar-refractivity contribution >= 4 is 17.7 Å². The van der Waals surface area contributed by atoms with E-state index in [1.54, 1.807) is 11.8 Å². The van der Waals surface area contributed by atoms with Crippen molar-refractivity contribution in [3.63, 3.8) is 0 Å². The van der Waals surface area contributed by atoms with Crippen LogP contribution in [0.2, 0.25) is 0 Å². The Labute approximate surface area is 124 Å². The summed E-state index contributed by atoms with van der Waals surface area (Å²) in [5.41, 5.74) is 2.16. The molecule has 21 heavy (non-hydrogen) atoms. The Kier molecular flexibility index (Phi) is 5.13. The maximum absolute atomic E-state index is 12.3. The van der Waals surface area contributed by atoms with Crippen molar-refractivity contribution in [1.82, 2.24) is 20.5 Å². The molecule has 2 fully saturated rings. The molecule has 0 aliphatic carbocycles. The monoisotopic (exact) mass is 297 g/mol. The van der Waals surface area contributed by atoms with Crippen LogP contribution in [0.3, 0.4) is 0 Å². The Hall–Kier alpha value is -1.67. The Morgan fingerprint density at radius 3 is 2.62 bits per heavy atom. The normalized spacial score (nSPS) is 24.6. The molecule has 0 saturated carbocycles. The van der Waals surface area contributed by atoms with Gasteiger partial charge in [0.15, 0.2) is 0 Å². The van der Waals surface area contributed by atoms with Gasteiger partial charge in [-0.05, 0) is 19.8 Å². The van der Waals surface area contributed by atoms with Crippen LogP contribution in [0.15, 0.2) is 0 Å². The van der Waals surface area contributed by atoms with E-state index in [4.69, 9.17) is 5.84 Å². The number of hydrogen-bond donors (Lipinski definition) is 3. The first kappa shape index (κ1) is 15.7. The molecule has 0 bridgehead atoms. The molecule has 2 heterocycles. The van der Waals surface area contributed by atoms with Gasteiger partial charge >= 0.3 is 0 Å². The average molecular weight is 297 g/mol. The second-order valence-corrected chi connectivity index (χ2v) is 5.60. The fourth-order valence-electron chi connectivity index (χ4n) is 2.83. The molecule has 0 radical (unpaired) electrons. The van der Waals surface area contributed by atoms with Gasteiger partial charge in [-0.1, -0.05) is 0 Å². The van der Waals surface area contributed by atoms with Crippen LogP contribution in [0.5, 0.6) is 0 Å². The van der Waals surface area contributed by atoms with Crippen molar-refractivity contribution in [3.8, 4) is 0 Å². The van der Waals surface area contributed by atoms with Gasteiger partial charge in [-0.15, -0.1) is 0 Å². The summed E-state index contributed by atoms with van der Waals surface area (Å²) in [5.74, 6) is 4.83. The van der Waals surface area contributed by atoms with Gasteiger partial charge in [-0.2, -0.15) is 0 Å². The highest BCUT2D eigenvalue weighted by Crippen LogP contribution is 2.17. The first-order chi connectivity index (χ1) is 10.0. The third-order valence-corrected chi connectivity index (χ3v) is 4.32. The molecular weight excluding hydrogens is 274 g/mol. The van der Waals surface area contributed by atoms with Crippen molar-refractivity contribution in [2.75, 3.05) is 32.7 Å². The highest BCUT2D eigenvalue weighted by Gasteiger charge is 2.31. The van der Waals surface area contributed by atoms with Crippen molar-refractivity contribution < 1.29 is 14.4 Å². The van der Waals surface area contributed by atoms with E-state index in [0.29, 0.717) is 39.0 Å². The number of carbonyl (C=O) groups excluding carboxylic acids is 3. The number of piperidine rings is 1. The van der Waals surface area contributed by atoms with Crippen LogP contribution >= 0.6 is 0 Å². The van der Waals surface area contributed by atoms with Crippen LogP contribution in [0.1, 0.15) is 19.8 Å². The van der Waals surface area contributed by atoms with Gasteiger partial charge in [0, 0.05) is 32.1 Å². The van der Waals surface area contributed by atoms with Crippen LogP contribution in [-0.4, -0.2) is 66.3 Å². The van der Waals surface area contributed by atoms with Gasteiger partial charge in [0.1, 0.15) is 0 Å². The van der Waals surface area contributed by atoms with Crippen molar-refractivity contribution in [2.45, 2.75) is 25.8 Å². The van der Waals surface area contributed by atoms with E-state index in [2.05, 4.69) is 10.7 Å². The molecule has 8 heteroatoms. The SMILES string of the molecule is CC1C(=O)NCCN1CC(=O)N1CCC(C(=O)NN)CC1. The number of nitrogens with zero attached hydrogens (tertiary/aromatic N) is 2. The minimum absolute atomic E-state index is 0.0168. The van der Waals surface area contributed by atoms with Crippen molar-refractivity contribution in [2.24, 2.45) is 11.8 Å². The van der Waals surface area contributed by atoms with Crippen molar-refractivity contribution in [3.05, 3.63) is 0 Å². The highest BCUT2D eigenvalue weighted by molar-refractivity contribution is 5.84. The largest absolute Gasteiger partial charge is 0.353 e. The summed E-state index contributed by atoms with van der Waals surface area (Å²) in [6, 6.07) is -0.275. The van der Waals surface area contributed by atoms with Gasteiger partial charge < -0.3 is 10.2 Å². The Balaban J connectivity index is 1.82. The predicted octanol–water partition coefficient (Wildman–Crippen LogP) is -1.96. The van der Waals surface area contributed by atoms with Crippen LogP contribution in [0.4, 0.5) is 0 Å². The number of nitrogens with two attached hydrogens (primary N) is 1. The first-order valence-corrected chi connectivity index (χ1v) is 7.33. The zero-order valence-corrected chi connectivity index (χ0v) is 12.3. The molecule has 4 N–H and O–H groups in total. The quantitative estimate of drug-likeness (QED) is 0.318. The molecule has 2 aliphatic rings. The number of hydrazine groups is 1. The van der Waals surface area contributed by atoms with Crippen LogP contribution in [-0.2, 0) is 14.4 Å². The molecule has 0 aromatic heterocycles. The smallest absolute Gasteiger partial charge is 0.237 e. The average Bonchev–Trinajstić information content (AvgIpc) is 2.51.